The van der Waals surface area contributed by atoms with Crippen LogP contribution in [0.2, 0.25) is 0 Å². The number of aromatic hydroxyl groups is 4. The molecule has 0 radical (unpaired) electrons. The minimum Gasteiger partial charge on any atom is -0.506 e. The molecule has 8 aromatic carbocycles. The lowest BCUT2D eigenvalue weighted by atomic mass is 10.3. The zero-order chi connectivity index (χ0) is 42.7. The number of hydrogen-bond donors (Lipinski definition) is 8. The quantitative estimate of drug-likeness (QED) is 0.0262. The SMILES string of the molecule is Nc1ccc(Oc2ccc([Si](c3ccc(Oc4ccc(N)c(O)c4)cc3)(c3ccc(Oc4ccc(N)c(O)c4)cc3)c3ccc(Oc4ccc(N)c(O)c4)cc3)cc2)cc1O. The van der Waals surface area contributed by atoms with E-state index < -0.39 is 8.07 Å². The molecule has 13 heteroatoms. The van der Waals surface area contributed by atoms with E-state index in [1.54, 1.807) is 48.5 Å². The van der Waals surface area contributed by atoms with E-state index in [1.807, 2.05) is 97.1 Å². The van der Waals surface area contributed by atoms with Crippen LogP contribution in [0.3, 0.4) is 0 Å². The second-order valence-corrected chi connectivity index (χ2v) is 17.9. The van der Waals surface area contributed by atoms with E-state index in [0.29, 0.717) is 46.0 Å². The van der Waals surface area contributed by atoms with Crippen LogP contribution >= 0.6 is 0 Å². The highest BCUT2D eigenvalue weighted by Gasteiger charge is 2.42. The van der Waals surface area contributed by atoms with Crippen LogP contribution in [0.1, 0.15) is 0 Å². The first-order chi connectivity index (χ1) is 29.4. The highest BCUT2D eigenvalue weighted by atomic mass is 28.3. The normalized spacial score (nSPS) is 11.1. The van der Waals surface area contributed by atoms with Gasteiger partial charge in [0.2, 0.25) is 0 Å². The fourth-order valence-electron chi connectivity index (χ4n) is 6.98. The number of benzene rings is 8. The maximum Gasteiger partial charge on any atom is 0.179 e. The molecule has 0 aliphatic rings. The molecule has 0 saturated heterocycles. The first-order valence-corrected chi connectivity index (χ1v) is 20.9. The Bertz CT molecular complexity index is 2450. The highest BCUT2D eigenvalue weighted by Crippen LogP contribution is 2.33. The van der Waals surface area contributed by atoms with Gasteiger partial charge < -0.3 is 62.3 Å². The van der Waals surface area contributed by atoms with Gasteiger partial charge in [0.1, 0.15) is 69.0 Å². The summed E-state index contributed by atoms with van der Waals surface area (Å²) in [5, 5.41) is 44.8. The van der Waals surface area contributed by atoms with Crippen molar-refractivity contribution in [3.8, 4) is 69.0 Å². The third kappa shape index (κ3) is 8.30. The van der Waals surface area contributed by atoms with Gasteiger partial charge in [0.25, 0.3) is 0 Å². The Morgan fingerprint density at radius 1 is 0.262 bits per heavy atom. The zero-order valence-corrected chi connectivity index (χ0v) is 33.4. The number of nitrogen functional groups attached to an aromatic ring is 4. The molecule has 0 fully saturated rings. The molecule has 8 rings (SSSR count). The van der Waals surface area contributed by atoms with Crippen LogP contribution in [0, 0.1) is 0 Å². The van der Waals surface area contributed by atoms with Crippen LogP contribution in [0.5, 0.6) is 69.0 Å². The minimum atomic E-state index is -3.27. The van der Waals surface area contributed by atoms with Gasteiger partial charge >= 0.3 is 0 Å². The molecular weight excluding hydrogens is 789 g/mol. The van der Waals surface area contributed by atoms with E-state index in [9.17, 15) is 20.4 Å². The van der Waals surface area contributed by atoms with Gasteiger partial charge in [-0.3, -0.25) is 0 Å². The highest BCUT2D eigenvalue weighted by molar-refractivity contribution is 7.19. The second kappa shape index (κ2) is 16.4. The summed E-state index contributed by atoms with van der Waals surface area (Å²) in [6.45, 7) is 0. The van der Waals surface area contributed by atoms with Gasteiger partial charge in [-0.05, 0) is 118 Å². The smallest absolute Gasteiger partial charge is 0.179 e. The van der Waals surface area contributed by atoms with Crippen molar-refractivity contribution in [1.82, 2.24) is 0 Å². The molecule has 0 unspecified atom stereocenters. The Hall–Kier alpha value is -8.42. The predicted octanol–water partition coefficient (Wildman–Crippen LogP) is 7.38. The largest absolute Gasteiger partial charge is 0.506 e. The number of ether oxygens (including phenoxy) is 4. The van der Waals surface area contributed by atoms with Crippen molar-refractivity contribution in [2.24, 2.45) is 0 Å². The molecule has 12 nitrogen and oxygen atoms in total. The molecule has 0 heterocycles. The predicted molar refractivity (Wildman–Crippen MR) is 240 cm³/mol. The average molecular weight is 829 g/mol. The first kappa shape index (κ1) is 39.4. The molecule has 0 saturated carbocycles. The van der Waals surface area contributed by atoms with Crippen LogP contribution in [0.25, 0.3) is 0 Å². The van der Waals surface area contributed by atoms with Crippen molar-refractivity contribution in [2.45, 2.75) is 0 Å². The summed E-state index contributed by atoms with van der Waals surface area (Å²) in [6, 6.07) is 50.2. The molecule has 0 bridgehead atoms. The van der Waals surface area contributed by atoms with Gasteiger partial charge in [-0.25, -0.2) is 0 Å². The van der Waals surface area contributed by atoms with Crippen molar-refractivity contribution < 1.29 is 39.4 Å². The third-order valence-corrected chi connectivity index (χ3v) is 14.9. The van der Waals surface area contributed by atoms with E-state index in [0.717, 1.165) is 20.7 Å². The van der Waals surface area contributed by atoms with Crippen molar-refractivity contribution in [3.05, 3.63) is 170 Å². The topological polar surface area (TPSA) is 222 Å². The lowest BCUT2D eigenvalue weighted by Crippen LogP contribution is -2.74. The Morgan fingerprint density at radius 2 is 0.443 bits per heavy atom. The van der Waals surface area contributed by atoms with Gasteiger partial charge in [-0.15, -0.1) is 0 Å². The maximum atomic E-state index is 10.2. The van der Waals surface area contributed by atoms with E-state index in [-0.39, 0.29) is 45.7 Å². The standard InChI is InChI=1S/C48H40N4O8Si/c49-41-21-9-33(25-45(41)53)57-29-1-13-37(14-2-29)61(38-15-3-30(4-16-38)58-34-10-22-42(50)46(54)26-34,39-17-5-31(6-18-39)59-35-11-23-43(51)47(55)27-35)40-19-7-32(8-20-40)60-36-12-24-44(52)48(56)28-36/h1-28,53-56H,49-52H2. The lowest BCUT2D eigenvalue weighted by Gasteiger charge is -2.34. The summed E-state index contributed by atoms with van der Waals surface area (Å²) in [4.78, 5) is 0. The Morgan fingerprint density at radius 3 is 0.623 bits per heavy atom. The van der Waals surface area contributed by atoms with E-state index in [2.05, 4.69) is 0 Å². The van der Waals surface area contributed by atoms with E-state index in [1.165, 1.54) is 24.3 Å². The summed E-state index contributed by atoms with van der Waals surface area (Å²) in [5.74, 6) is 3.51. The van der Waals surface area contributed by atoms with Gasteiger partial charge in [0.05, 0.1) is 22.7 Å². The molecule has 0 atom stereocenters. The fraction of sp³-hybridized carbons (Fsp3) is 0. The molecule has 0 aromatic heterocycles. The van der Waals surface area contributed by atoms with Gasteiger partial charge in [-0.2, -0.15) is 0 Å². The van der Waals surface area contributed by atoms with E-state index >= 15 is 0 Å². The Balaban J connectivity index is 1.25. The maximum absolute atomic E-state index is 10.2. The van der Waals surface area contributed by atoms with Crippen molar-refractivity contribution in [1.29, 1.82) is 0 Å². The van der Waals surface area contributed by atoms with Crippen molar-refractivity contribution in [3.63, 3.8) is 0 Å². The van der Waals surface area contributed by atoms with Crippen molar-refractivity contribution >= 4 is 51.6 Å². The number of hydrogen-bond acceptors (Lipinski definition) is 12. The Kier molecular flexibility index (Phi) is 10.6. The van der Waals surface area contributed by atoms with Crippen LogP contribution < -0.4 is 62.6 Å². The van der Waals surface area contributed by atoms with Crippen LogP contribution in [-0.2, 0) is 0 Å². The van der Waals surface area contributed by atoms with Gasteiger partial charge in [0, 0.05) is 24.3 Å². The molecule has 0 spiro atoms. The first-order valence-electron chi connectivity index (χ1n) is 18.9. The van der Waals surface area contributed by atoms with E-state index in [4.69, 9.17) is 41.9 Å². The summed E-state index contributed by atoms with van der Waals surface area (Å²) in [5.41, 5.74) is 24.3. The molecule has 0 aliphatic carbocycles. The molecule has 12 N–H and O–H groups in total. The monoisotopic (exact) mass is 828 g/mol. The summed E-state index contributed by atoms with van der Waals surface area (Å²) in [7, 11) is -3.27. The van der Waals surface area contributed by atoms with Crippen molar-refractivity contribution in [2.75, 3.05) is 22.9 Å². The Labute approximate surface area is 351 Å². The number of phenols is 4. The number of anilines is 4. The minimum absolute atomic E-state index is 0.0811. The van der Waals surface area contributed by atoms with Crippen LogP contribution in [0.15, 0.2) is 170 Å². The number of phenolic OH excluding ortho intramolecular Hbond substituents is 4. The average Bonchev–Trinajstić information content (AvgIpc) is 3.26. The van der Waals surface area contributed by atoms with Crippen LogP contribution in [0.4, 0.5) is 22.7 Å². The van der Waals surface area contributed by atoms with Crippen LogP contribution in [-0.4, -0.2) is 28.5 Å². The van der Waals surface area contributed by atoms with Gasteiger partial charge in [-0.1, -0.05) is 48.5 Å². The molecule has 61 heavy (non-hydrogen) atoms. The molecule has 304 valence electrons. The summed E-state index contributed by atoms with van der Waals surface area (Å²) >= 11 is 0. The summed E-state index contributed by atoms with van der Waals surface area (Å²) in [6.07, 6.45) is 0. The number of nitrogens with two attached hydrogens (primary N) is 4. The number of rotatable bonds is 12. The molecule has 0 amide bonds. The molecular formula is C48H40N4O8Si. The molecule has 0 aliphatic heterocycles. The molecule has 8 aromatic rings. The zero-order valence-electron chi connectivity index (χ0n) is 32.4. The third-order valence-electron chi connectivity index (χ3n) is 10.1. The lowest BCUT2D eigenvalue weighted by molar-refractivity contribution is 0.456. The summed E-state index contributed by atoms with van der Waals surface area (Å²) < 4.78 is 24.5. The van der Waals surface area contributed by atoms with Gasteiger partial charge in [0.15, 0.2) is 8.07 Å². The fourth-order valence-corrected chi connectivity index (χ4v) is 11.7. The second-order valence-electron chi connectivity index (χ2n) is 14.1.